The second-order valence-corrected chi connectivity index (χ2v) is 11.1. The van der Waals surface area contributed by atoms with Gasteiger partial charge in [0.25, 0.3) is 11.5 Å². The van der Waals surface area contributed by atoms with E-state index in [1.54, 1.807) is 29.9 Å². The van der Waals surface area contributed by atoms with Gasteiger partial charge in [-0.1, -0.05) is 41.9 Å². The number of benzene rings is 3. The molecule has 1 aliphatic heterocycles. The summed E-state index contributed by atoms with van der Waals surface area (Å²) in [6, 6.07) is 17.2. The van der Waals surface area contributed by atoms with Crippen molar-refractivity contribution in [3.63, 3.8) is 0 Å². The van der Waals surface area contributed by atoms with Gasteiger partial charge >= 0.3 is 0 Å². The summed E-state index contributed by atoms with van der Waals surface area (Å²) in [5.41, 5.74) is 1.72. The van der Waals surface area contributed by atoms with Crippen molar-refractivity contribution in [1.29, 1.82) is 0 Å². The van der Waals surface area contributed by atoms with Crippen LogP contribution in [0, 0.1) is 24.4 Å². The Morgan fingerprint density at radius 1 is 0.929 bits per heavy atom. The quantitative estimate of drug-likeness (QED) is 0.254. The molecule has 0 aliphatic carbocycles. The first-order valence-electron chi connectivity index (χ1n) is 13.9. The standard InChI is InChI=1S/C32H32ClF3N4O2/c1-21-25(31(41)40(37(21)2)29-9-4-3-6-26(29)34)20-39(17-14-22-10-12-23(33)13-11-22)24-15-18-38(19-16-24)32(42)30-27(35)7-5-8-28(30)36/h3-13,24H,14-20H2,1-2H3. The second-order valence-electron chi connectivity index (χ2n) is 10.6. The van der Waals surface area contributed by atoms with Crippen molar-refractivity contribution in [2.75, 3.05) is 19.6 Å². The summed E-state index contributed by atoms with van der Waals surface area (Å²) in [6.45, 7) is 3.43. The maximum absolute atomic E-state index is 14.7. The molecule has 1 aromatic heterocycles. The molecular formula is C32H32ClF3N4O2. The molecule has 220 valence electrons. The summed E-state index contributed by atoms with van der Waals surface area (Å²) in [7, 11) is 1.73. The van der Waals surface area contributed by atoms with E-state index in [0.717, 1.165) is 23.4 Å². The Labute approximate surface area is 247 Å². The van der Waals surface area contributed by atoms with Gasteiger partial charge in [-0.15, -0.1) is 0 Å². The highest BCUT2D eigenvalue weighted by atomic mass is 35.5. The molecule has 1 fully saturated rings. The smallest absolute Gasteiger partial charge is 0.276 e. The van der Waals surface area contributed by atoms with Crippen LogP contribution in [0.5, 0.6) is 0 Å². The van der Waals surface area contributed by atoms with Gasteiger partial charge in [0, 0.05) is 50.0 Å². The summed E-state index contributed by atoms with van der Waals surface area (Å²) in [5.74, 6) is -2.91. The summed E-state index contributed by atoms with van der Waals surface area (Å²) in [6.07, 6.45) is 1.83. The first-order chi connectivity index (χ1) is 20.2. The van der Waals surface area contributed by atoms with E-state index in [4.69, 9.17) is 11.6 Å². The van der Waals surface area contributed by atoms with Crippen LogP contribution in [-0.4, -0.2) is 50.7 Å². The number of rotatable bonds is 8. The maximum atomic E-state index is 14.7. The lowest BCUT2D eigenvalue weighted by Gasteiger charge is -2.38. The fraction of sp³-hybridized carbons (Fsp3) is 0.312. The molecular weight excluding hydrogens is 565 g/mol. The lowest BCUT2D eigenvalue weighted by Crippen LogP contribution is -2.47. The molecule has 0 atom stereocenters. The summed E-state index contributed by atoms with van der Waals surface area (Å²) in [4.78, 5) is 30.3. The van der Waals surface area contributed by atoms with Crippen molar-refractivity contribution in [3.05, 3.63) is 122 Å². The molecule has 2 heterocycles. The number of carbonyl (C=O) groups is 1. The number of carbonyl (C=O) groups excluding carboxylic acids is 1. The highest BCUT2D eigenvalue weighted by Crippen LogP contribution is 2.24. The minimum absolute atomic E-state index is 0.00716. The van der Waals surface area contributed by atoms with Crippen molar-refractivity contribution < 1.29 is 18.0 Å². The van der Waals surface area contributed by atoms with Crippen LogP contribution in [0.1, 0.15) is 40.0 Å². The molecule has 1 amide bonds. The van der Waals surface area contributed by atoms with Gasteiger partial charge in [-0.25, -0.2) is 17.9 Å². The zero-order valence-corrected chi connectivity index (χ0v) is 24.3. The van der Waals surface area contributed by atoms with Gasteiger partial charge < -0.3 is 4.90 Å². The fourth-order valence-electron chi connectivity index (χ4n) is 5.65. The van der Waals surface area contributed by atoms with E-state index in [2.05, 4.69) is 4.90 Å². The Bertz CT molecular complexity index is 1620. The predicted octanol–water partition coefficient (Wildman–Crippen LogP) is 5.90. The van der Waals surface area contributed by atoms with Gasteiger partial charge in [0.15, 0.2) is 0 Å². The Morgan fingerprint density at radius 2 is 1.55 bits per heavy atom. The van der Waals surface area contributed by atoms with Crippen LogP contribution < -0.4 is 5.56 Å². The third kappa shape index (κ3) is 6.03. The van der Waals surface area contributed by atoms with Crippen molar-refractivity contribution >= 4 is 17.5 Å². The Morgan fingerprint density at radius 3 is 2.19 bits per heavy atom. The molecule has 5 rings (SSSR count). The molecule has 0 N–H and O–H groups in total. The predicted molar refractivity (Wildman–Crippen MR) is 157 cm³/mol. The Balaban J connectivity index is 1.39. The van der Waals surface area contributed by atoms with E-state index in [0.29, 0.717) is 56.0 Å². The van der Waals surface area contributed by atoms with Crippen LogP contribution in [0.15, 0.2) is 71.5 Å². The number of amides is 1. The number of hydrogen-bond acceptors (Lipinski definition) is 3. The Kier molecular flexibility index (Phi) is 8.89. The SMILES string of the molecule is Cc1c(CN(CCc2ccc(Cl)cc2)C2CCN(C(=O)c3c(F)cccc3F)CC2)c(=O)n(-c2ccccc2F)n1C. The molecule has 0 unspecified atom stereocenters. The monoisotopic (exact) mass is 596 g/mol. The van der Waals surface area contributed by atoms with E-state index in [1.165, 1.54) is 21.7 Å². The molecule has 10 heteroatoms. The molecule has 0 radical (unpaired) electrons. The van der Waals surface area contributed by atoms with Crippen LogP contribution in [0.2, 0.25) is 5.02 Å². The van der Waals surface area contributed by atoms with Gasteiger partial charge in [0.05, 0.1) is 5.56 Å². The van der Waals surface area contributed by atoms with Crippen LogP contribution in [0.25, 0.3) is 5.69 Å². The number of likely N-dealkylation sites (tertiary alicyclic amines) is 1. The third-order valence-corrected chi connectivity index (χ3v) is 8.41. The molecule has 4 aromatic rings. The lowest BCUT2D eigenvalue weighted by atomic mass is 10.00. The number of piperidine rings is 1. The molecule has 1 saturated heterocycles. The zero-order chi connectivity index (χ0) is 30.0. The molecule has 0 saturated carbocycles. The average Bonchev–Trinajstić information content (AvgIpc) is 3.19. The van der Waals surface area contributed by atoms with E-state index in [-0.39, 0.29) is 17.3 Å². The second kappa shape index (κ2) is 12.6. The summed E-state index contributed by atoms with van der Waals surface area (Å²) >= 11 is 6.06. The average molecular weight is 597 g/mol. The minimum Gasteiger partial charge on any atom is -0.338 e. The molecule has 3 aromatic carbocycles. The lowest BCUT2D eigenvalue weighted by molar-refractivity contribution is 0.0599. The summed E-state index contributed by atoms with van der Waals surface area (Å²) < 4.78 is 46.3. The fourth-order valence-corrected chi connectivity index (χ4v) is 5.78. The molecule has 0 spiro atoms. The number of hydrogen-bond donors (Lipinski definition) is 0. The topological polar surface area (TPSA) is 50.5 Å². The number of aromatic nitrogens is 2. The molecule has 6 nitrogen and oxygen atoms in total. The van der Waals surface area contributed by atoms with Crippen molar-refractivity contribution in [2.45, 2.75) is 38.8 Å². The molecule has 1 aliphatic rings. The first-order valence-corrected chi connectivity index (χ1v) is 14.3. The van der Waals surface area contributed by atoms with Gasteiger partial charge in [-0.3, -0.25) is 19.2 Å². The van der Waals surface area contributed by atoms with Crippen LogP contribution in [-0.2, 0) is 20.0 Å². The van der Waals surface area contributed by atoms with Gasteiger partial charge in [-0.05, 0) is 68.1 Å². The number of halogens is 4. The van der Waals surface area contributed by atoms with Crippen LogP contribution in [0.4, 0.5) is 13.2 Å². The van der Waals surface area contributed by atoms with Crippen molar-refractivity contribution in [2.24, 2.45) is 7.05 Å². The van der Waals surface area contributed by atoms with E-state index in [1.807, 2.05) is 31.2 Å². The van der Waals surface area contributed by atoms with Crippen molar-refractivity contribution in [3.8, 4) is 5.69 Å². The largest absolute Gasteiger partial charge is 0.338 e. The molecule has 0 bridgehead atoms. The highest BCUT2D eigenvalue weighted by Gasteiger charge is 2.31. The van der Waals surface area contributed by atoms with Gasteiger partial charge in [0.2, 0.25) is 0 Å². The van der Waals surface area contributed by atoms with Crippen LogP contribution >= 0.6 is 11.6 Å². The highest BCUT2D eigenvalue weighted by molar-refractivity contribution is 6.30. The number of nitrogens with zero attached hydrogens (tertiary/aromatic N) is 4. The van der Waals surface area contributed by atoms with Crippen LogP contribution in [0.3, 0.4) is 0 Å². The normalized spacial score (nSPS) is 14.1. The van der Waals surface area contributed by atoms with Gasteiger partial charge in [-0.2, -0.15) is 0 Å². The van der Waals surface area contributed by atoms with E-state index in [9.17, 15) is 22.8 Å². The minimum atomic E-state index is -0.877. The molecule has 42 heavy (non-hydrogen) atoms. The number of para-hydroxylation sites is 1. The van der Waals surface area contributed by atoms with E-state index < -0.39 is 28.9 Å². The third-order valence-electron chi connectivity index (χ3n) is 8.16. The van der Waals surface area contributed by atoms with Crippen molar-refractivity contribution in [1.82, 2.24) is 19.2 Å². The van der Waals surface area contributed by atoms with Gasteiger partial charge in [0.1, 0.15) is 28.7 Å². The zero-order valence-electron chi connectivity index (χ0n) is 23.5. The maximum Gasteiger partial charge on any atom is 0.276 e. The Hall–Kier alpha value is -3.82. The first kappa shape index (κ1) is 29.7. The summed E-state index contributed by atoms with van der Waals surface area (Å²) in [5, 5.41) is 0.646. The van der Waals surface area contributed by atoms with E-state index >= 15 is 0 Å².